The molecule has 2 aromatic rings. The minimum absolute atomic E-state index is 0.885. The summed E-state index contributed by atoms with van der Waals surface area (Å²) in [7, 11) is 0. The molecular weight excluding hydrogens is 265 g/mol. The molecule has 60 valence electrons. The molecule has 3 nitrogen and oxygen atoms in total. The largest absolute Gasteiger partial charge is 0.214 e. The van der Waals surface area contributed by atoms with Crippen LogP contribution >= 0.6 is 22.9 Å². The van der Waals surface area contributed by atoms with Crippen molar-refractivity contribution in [1.82, 2.24) is 13.0 Å². The summed E-state index contributed by atoms with van der Waals surface area (Å²) in [6, 6.07) is 9.98. The van der Waals surface area contributed by atoms with E-state index in [0.29, 0.717) is 0 Å². The third-order valence-corrected chi connectivity index (χ3v) is 2.25. The molecule has 0 aliphatic carbocycles. The SMILES string of the molecule is In1ncnc1-c1ccccc1. The van der Waals surface area contributed by atoms with Gasteiger partial charge in [0.15, 0.2) is 5.82 Å². The molecule has 0 amide bonds. The Morgan fingerprint density at radius 2 is 1.92 bits per heavy atom. The minimum atomic E-state index is 0.885. The van der Waals surface area contributed by atoms with E-state index in [-0.39, 0.29) is 0 Å². The van der Waals surface area contributed by atoms with Crippen molar-refractivity contribution >= 4 is 22.9 Å². The number of benzene rings is 1. The highest BCUT2D eigenvalue weighted by Gasteiger charge is 2.02. The Labute approximate surface area is 83.9 Å². The molecule has 0 aliphatic heterocycles. The van der Waals surface area contributed by atoms with Gasteiger partial charge < -0.3 is 0 Å². The summed E-state index contributed by atoms with van der Waals surface area (Å²) in [6.45, 7) is 0. The van der Waals surface area contributed by atoms with Crippen LogP contribution in [0.1, 0.15) is 0 Å². The standard InChI is InChI=1S/C8H6IN3/c9-12-8(10-6-11-12)7-4-2-1-3-5-7/h1-6H. The molecule has 4 heteroatoms. The summed E-state index contributed by atoms with van der Waals surface area (Å²) in [6.07, 6.45) is 1.55. The third-order valence-electron chi connectivity index (χ3n) is 1.54. The average Bonchev–Trinajstić information content (AvgIpc) is 2.53. The Balaban J connectivity index is 2.51. The van der Waals surface area contributed by atoms with Crippen LogP contribution in [0.3, 0.4) is 0 Å². The van der Waals surface area contributed by atoms with E-state index in [2.05, 4.69) is 32.9 Å². The van der Waals surface area contributed by atoms with Crippen molar-refractivity contribution < 1.29 is 0 Å². The predicted octanol–water partition coefficient (Wildman–Crippen LogP) is 2.14. The summed E-state index contributed by atoms with van der Waals surface area (Å²) >= 11 is 2.10. The molecule has 1 aromatic carbocycles. The lowest BCUT2D eigenvalue weighted by Gasteiger charge is -1.96. The Morgan fingerprint density at radius 1 is 1.17 bits per heavy atom. The fraction of sp³-hybridized carbons (Fsp3) is 0. The van der Waals surface area contributed by atoms with Crippen LogP contribution < -0.4 is 0 Å². The van der Waals surface area contributed by atoms with Gasteiger partial charge in [-0.2, -0.15) is 2.90 Å². The number of aromatic nitrogens is 3. The Bertz CT molecular complexity index is 369. The van der Waals surface area contributed by atoms with Gasteiger partial charge in [0.25, 0.3) is 0 Å². The van der Waals surface area contributed by atoms with Crippen molar-refractivity contribution in [1.29, 1.82) is 0 Å². The first-order chi connectivity index (χ1) is 5.88. The maximum Gasteiger partial charge on any atom is 0.168 e. The normalized spacial score (nSPS) is 10.1. The topological polar surface area (TPSA) is 30.7 Å². The van der Waals surface area contributed by atoms with Gasteiger partial charge in [0, 0.05) is 5.56 Å². The van der Waals surface area contributed by atoms with Crippen molar-refractivity contribution in [2.24, 2.45) is 0 Å². The molecule has 0 radical (unpaired) electrons. The zero-order valence-electron chi connectivity index (χ0n) is 6.18. The van der Waals surface area contributed by atoms with E-state index in [1.54, 1.807) is 9.22 Å². The van der Waals surface area contributed by atoms with E-state index in [9.17, 15) is 0 Å². The molecule has 1 heterocycles. The van der Waals surface area contributed by atoms with Gasteiger partial charge in [-0.05, 0) is 0 Å². The van der Waals surface area contributed by atoms with E-state index < -0.39 is 0 Å². The molecule has 2 rings (SSSR count). The summed E-state index contributed by atoms with van der Waals surface area (Å²) in [5.74, 6) is 0.885. The van der Waals surface area contributed by atoms with Crippen LogP contribution in [0, 0.1) is 0 Å². The number of nitrogens with zero attached hydrogens (tertiary/aromatic N) is 3. The van der Waals surface area contributed by atoms with Gasteiger partial charge in [0.2, 0.25) is 0 Å². The monoisotopic (exact) mass is 271 g/mol. The van der Waals surface area contributed by atoms with E-state index in [1.807, 2.05) is 30.3 Å². The van der Waals surface area contributed by atoms with Crippen LogP contribution in [0.5, 0.6) is 0 Å². The van der Waals surface area contributed by atoms with Gasteiger partial charge in [-0.15, -0.1) is 5.10 Å². The molecule has 1 aromatic heterocycles. The zero-order chi connectivity index (χ0) is 8.39. The maximum atomic E-state index is 4.13. The number of rotatable bonds is 1. The highest BCUT2D eigenvalue weighted by Crippen LogP contribution is 2.16. The summed E-state index contributed by atoms with van der Waals surface area (Å²) < 4.78 is 1.73. The fourth-order valence-electron chi connectivity index (χ4n) is 0.996. The van der Waals surface area contributed by atoms with Crippen molar-refractivity contribution in [3.05, 3.63) is 36.7 Å². The van der Waals surface area contributed by atoms with E-state index in [1.165, 1.54) is 0 Å². The molecule has 0 saturated heterocycles. The van der Waals surface area contributed by atoms with Gasteiger partial charge in [0.05, 0.1) is 22.9 Å². The van der Waals surface area contributed by atoms with Crippen molar-refractivity contribution in [3.8, 4) is 11.4 Å². The van der Waals surface area contributed by atoms with Gasteiger partial charge in [0.1, 0.15) is 6.33 Å². The first kappa shape index (κ1) is 7.72. The zero-order valence-corrected chi connectivity index (χ0v) is 8.34. The third kappa shape index (κ3) is 1.34. The van der Waals surface area contributed by atoms with Gasteiger partial charge >= 0.3 is 0 Å². The molecule has 0 atom stereocenters. The summed E-state index contributed by atoms with van der Waals surface area (Å²) in [5, 5.41) is 3.99. The minimum Gasteiger partial charge on any atom is -0.214 e. The van der Waals surface area contributed by atoms with Crippen LogP contribution in [0.25, 0.3) is 11.4 Å². The van der Waals surface area contributed by atoms with Crippen LogP contribution in [0.2, 0.25) is 0 Å². The van der Waals surface area contributed by atoms with E-state index in [4.69, 9.17) is 0 Å². The summed E-state index contributed by atoms with van der Waals surface area (Å²) in [5.41, 5.74) is 1.09. The molecule has 0 aliphatic rings. The highest BCUT2D eigenvalue weighted by molar-refractivity contribution is 14.1. The van der Waals surface area contributed by atoms with Crippen LogP contribution in [-0.2, 0) is 0 Å². The molecule has 0 bridgehead atoms. The van der Waals surface area contributed by atoms with Gasteiger partial charge in [-0.3, -0.25) is 0 Å². The molecule has 0 unspecified atom stereocenters. The molecule has 0 fully saturated rings. The molecular formula is C8H6IN3. The van der Waals surface area contributed by atoms with Crippen molar-refractivity contribution in [2.75, 3.05) is 0 Å². The molecule has 12 heavy (non-hydrogen) atoms. The lowest BCUT2D eigenvalue weighted by molar-refractivity contribution is 1.06. The Hall–Kier alpha value is -0.910. The highest BCUT2D eigenvalue weighted by atomic mass is 127. The smallest absolute Gasteiger partial charge is 0.168 e. The van der Waals surface area contributed by atoms with Crippen LogP contribution in [-0.4, -0.2) is 13.0 Å². The van der Waals surface area contributed by atoms with E-state index in [0.717, 1.165) is 11.4 Å². The predicted molar refractivity (Wildman–Crippen MR) is 54.9 cm³/mol. The Kier molecular flexibility index (Phi) is 2.07. The molecule has 0 spiro atoms. The summed E-state index contributed by atoms with van der Waals surface area (Å²) in [4.78, 5) is 4.13. The quantitative estimate of drug-likeness (QED) is 0.744. The first-order valence-corrected chi connectivity index (χ1v) is 4.46. The number of hydrogen-bond acceptors (Lipinski definition) is 2. The van der Waals surface area contributed by atoms with E-state index >= 15 is 0 Å². The molecule has 0 saturated carbocycles. The lowest BCUT2D eigenvalue weighted by Crippen LogP contribution is -1.86. The second-order valence-corrected chi connectivity index (χ2v) is 3.22. The van der Waals surface area contributed by atoms with Crippen molar-refractivity contribution in [3.63, 3.8) is 0 Å². The first-order valence-electron chi connectivity index (χ1n) is 3.49. The van der Waals surface area contributed by atoms with Crippen LogP contribution in [0.4, 0.5) is 0 Å². The van der Waals surface area contributed by atoms with Gasteiger partial charge in [-0.1, -0.05) is 30.3 Å². The number of hydrogen-bond donors (Lipinski definition) is 0. The second kappa shape index (κ2) is 3.22. The average molecular weight is 271 g/mol. The molecule has 0 N–H and O–H groups in total. The second-order valence-electron chi connectivity index (χ2n) is 2.31. The Morgan fingerprint density at radius 3 is 2.50 bits per heavy atom. The van der Waals surface area contributed by atoms with Crippen molar-refractivity contribution in [2.45, 2.75) is 0 Å². The lowest BCUT2D eigenvalue weighted by atomic mass is 10.2. The fourth-order valence-corrected chi connectivity index (χ4v) is 1.51. The number of halogens is 1. The van der Waals surface area contributed by atoms with Crippen LogP contribution in [0.15, 0.2) is 36.7 Å². The maximum absolute atomic E-state index is 4.13. The van der Waals surface area contributed by atoms with Gasteiger partial charge in [-0.25, -0.2) is 4.98 Å².